The van der Waals surface area contributed by atoms with Crippen LogP contribution < -0.4 is 4.90 Å². The second-order valence-electron chi connectivity index (χ2n) is 6.40. The van der Waals surface area contributed by atoms with Crippen LogP contribution in [0.1, 0.15) is 42.5 Å². The maximum atomic E-state index is 9.48. The minimum absolute atomic E-state index is 0.147. The lowest BCUT2D eigenvalue weighted by Crippen LogP contribution is -2.40. The van der Waals surface area contributed by atoms with Gasteiger partial charge in [-0.25, -0.2) is 0 Å². The minimum Gasteiger partial charge on any atom is -0.396 e. The van der Waals surface area contributed by atoms with Crippen molar-refractivity contribution in [3.63, 3.8) is 0 Å². The molecule has 1 saturated heterocycles. The third-order valence-corrected chi connectivity index (χ3v) is 4.78. The molecule has 1 aliphatic rings. The van der Waals surface area contributed by atoms with Gasteiger partial charge in [0.25, 0.3) is 0 Å². The summed E-state index contributed by atoms with van der Waals surface area (Å²) < 4.78 is 0. The predicted octanol–water partition coefficient (Wildman–Crippen LogP) is 2.50. The molecule has 1 aromatic carbocycles. The summed E-state index contributed by atoms with van der Waals surface area (Å²) in [6, 6.07) is 8.43. The van der Waals surface area contributed by atoms with Crippen LogP contribution >= 0.6 is 0 Å². The molecule has 3 rings (SSSR count). The van der Waals surface area contributed by atoms with Crippen LogP contribution in [0.2, 0.25) is 0 Å². The fourth-order valence-electron chi connectivity index (χ4n) is 3.26. The lowest BCUT2D eigenvalue weighted by Gasteiger charge is -2.35. The van der Waals surface area contributed by atoms with Crippen LogP contribution in [0.3, 0.4) is 0 Å². The van der Waals surface area contributed by atoms with E-state index in [1.54, 1.807) is 4.80 Å². The van der Waals surface area contributed by atoms with Gasteiger partial charge in [0, 0.05) is 19.2 Å². The van der Waals surface area contributed by atoms with Crippen molar-refractivity contribution in [2.75, 3.05) is 18.1 Å². The quantitative estimate of drug-likeness (QED) is 0.934. The number of nitriles is 1. The maximum absolute atomic E-state index is 9.48. The van der Waals surface area contributed by atoms with E-state index >= 15 is 0 Å². The highest BCUT2D eigenvalue weighted by Crippen LogP contribution is 2.27. The highest BCUT2D eigenvalue weighted by atomic mass is 16.3. The Balaban J connectivity index is 1.98. The number of hydrogen-bond donors (Lipinski definition) is 1. The van der Waals surface area contributed by atoms with E-state index in [-0.39, 0.29) is 12.6 Å². The van der Waals surface area contributed by atoms with Crippen molar-refractivity contribution in [2.45, 2.75) is 45.6 Å². The van der Waals surface area contributed by atoms with Crippen molar-refractivity contribution in [1.82, 2.24) is 15.0 Å². The number of hydrogen-bond acceptors (Lipinski definition) is 5. The first-order valence-electron chi connectivity index (χ1n) is 8.46. The van der Waals surface area contributed by atoms with E-state index in [1.165, 1.54) is 11.1 Å². The highest BCUT2D eigenvalue weighted by molar-refractivity contribution is 5.51. The van der Waals surface area contributed by atoms with Crippen LogP contribution in [-0.4, -0.2) is 39.3 Å². The number of nitrogens with zero attached hydrogens (tertiary/aromatic N) is 5. The van der Waals surface area contributed by atoms with Crippen molar-refractivity contribution < 1.29 is 5.11 Å². The van der Waals surface area contributed by atoms with Crippen molar-refractivity contribution in [3.8, 4) is 11.8 Å². The van der Waals surface area contributed by atoms with E-state index in [0.717, 1.165) is 31.5 Å². The van der Waals surface area contributed by atoms with Crippen LogP contribution in [0, 0.1) is 25.2 Å². The summed E-state index contributed by atoms with van der Waals surface area (Å²) in [4.78, 5) is 3.69. The molecule has 1 fully saturated rings. The molecule has 24 heavy (non-hydrogen) atoms. The molecule has 2 aromatic rings. The molecule has 1 aliphatic heterocycles. The summed E-state index contributed by atoms with van der Waals surface area (Å²) in [5.74, 6) is 0.633. The van der Waals surface area contributed by atoms with Gasteiger partial charge in [0.1, 0.15) is 6.07 Å². The topological polar surface area (TPSA) is 78.0 Å². The number of aromatic nitrogens is 3. The van der Waals surface area contributed by atoms with E-state index < -0.39 is 0 Å². The number of aryl methyl sites for hydroxylation is 2. The van der Waals surface area contributed by atoms with E-state index in [1.807, 2.05) is 18.2 Å². The predicted molar refractivity (Wildman–Crippen MR) is 92.2 cm³/mol. The number of piperidine rings is 1. The molecule has 1 aromatic heterocycles. The van der Waals surface area contributed by atoms with Gasteiger partial charge in [-0.05, 0) is 62.8 Å². The molecule has 6 heteroatoms. The number of aliphatic hydroxyl groups excluding tert-OH is 1. The molecule has 0 aliphatic carbocycles. The first-order valence-corrected chi connectivity index (χ1v) is 8.46. The van der Waals surface area contributed by atoms with Gasteiger partial charge in [0.2, 0.25) is 5.69 Å². The Bertz CT molecular complexity index is 759. The zero-order chi connectivity index (χ0) is 17.1. The van der Waals surface area contributed by atoms with Crippen LogP contribution in [-0.2, 0) is 0 Å². The second kappa shape index (κ2) is 7.02. The molecule has 1 unspecified atom stereocenters. The fraction of sp³-hybridized carbons (Fsp3) is 0.500. The maximum Gasteiger partial charge on any atom is 0.207 e. The van der Waals surface area contributed by atoms with Crippen molar-refractivity contribution >= 4 is 5.82 Å². The summed E-state index contributed by atoms with van der Waals surface area (Å²) in [6.45, 7) is 5.12. The second-order valence-corrected chi connectivity index (χ2v) is 6.40. The molecular weight excluding hydrogens is 302 g/mol. The highest BCUT2D eigenvalue weighted by Gasteiger charge is 2.27. The van der Waals surface area contributed by atoms with Gasteiger partial charge in [-0.2, -0.15) is 5.26 Å². The molecular formula is C18H23N5O. The molecule has 0 bridgehead atoms. The van der Waals surface area contributed by atoms with Crippen LogP contribution in [0.4, 0.5) is 5.82 Å². The summed E-state index contributed by atoms with van der Waals surface area (Å²) in [7, 11) is 0. The minimum atomic E-state index is 0.147. The van der Waals surface area contributed by atoms with E-state index in [4.69, 9.17) is 0 Å². The lowest BCUT2D eigenvalue weighted by molar-refractivity contribution is 0.262. The number of benzene rings is 1. The standard InChI is InChI=1S/C18H23N5O/c1-13-6-7-16(11-14(13)2)23-20-17(12-19)18(21-23)22-9-4-3-5-15(22)8-10-24/h6-7,11,15,24H,3-5,8-10H2,1-2H3. The number of aliphatic hydroxyl groups is 1. The van der Waals surface area contributed by atoms with Gasteiger partial charge in [0.15, 0.2) is 5.82 Å². The third-order valence-electron chi connectivity index (χ3n) is 4.78. The van der Waals surface area contributed by atoms with Crippen molar-refractivity contribution in [2.24, 2.45) is 0 Å². The van der Waals surface area contributed by atoms with Gasteiger partial charge >= 0.3 is 0 Å². The van der Waals surface area contributed by atoms with E-state index in [0.29, 0.717) is 17.9 Å². The first kappa shape index (κ1) is 16.5. The van der Waals surface area contributed by atoms with Gasteiger partial charge < -0.3 is 10.0 Å². The summed E-state index contributed by atoms with van der Waals surface area (Å²) >= 11 is 0. The largest absolute Gasteiger partial charge is 0.396 e. The molecule has 0 radical (unpaired) electrons. The SMILES string of the molecule is Cc1ccc(-n2nc(C#N)c(N3CCCCC3CCO)n2)cc1C. The normalized spacial score (nSPS) is 17.8. The summed E-state index contributed by atoms with van der Waals surface area (Å²) in [5.41, 5.74) is 3.58. The Morgan fingerprint density at radius 2 is 2.08 bits per heavy atom. The number of rotatable bonds is 4. The Hall–Kier alpha value is -2.39. The van der Waals surface area contributed by atoms with Crippen molar-refractivity contribution in [3.05, 3.63) is 35.0 Å². The number of anilines is 1. The van der Waals surface area contributed by atoms with Crippen LogP contribution in [0.5, 0.6) is 0 Å². The molecule has 0 amide bonds. The summed E-state index contributed by atoms with van der Waals surface area (Å²) in [5, 5.41) is 27.8. The third kappa shape index (κ3) is 3.13. The van der Waals surface area contributed by atoms with Crippen LogP contribution in [0.15, 0.2) is 18.2 Å². The van der Waals surface area contributed by atoms with E-state index in [2.05, 4.69) is 35.0 Å². The zero-order valence-electron chi connectivity index (χ0n) is 14.2. The first-order chi connectivity index (χ1) is 11.6. The van der Waals surface area contributed by atoms with E-state index in [9.17, 15) is 10.4 Å². The summed E-state index contributed by atoms with van der Waals surface area (Å²) in [6.07, 6.45) is 3.93. The average Bonchev–Trinajstić information content (AvgIpc) is 3.02. The van der Waals surface area contributed by atoms with Gasteiger partial charge in [-0.3, -0.25) is 0 Å². The Morgan fingerprint density at radius 3 is 2.79 bits per heavy atom. The lowest BCUT2D eigenvalue weighted by atomic mass is 9.99. The van der Waals surface area contributed by atoms with Gasteiger partial charge in [-0.15, -0.1) is 15.0 Å². The monoisotopic (exact) mass is 325 g/mol. The Labute approximate surface area is 142 Å². The molecule has 126 valence electrons. The molecule has 0 spiro atoms. The Morgan fingerprint density at radius 1 is 1.25 bits per heavy atom. The molecule has 0 saturated carbocycles. The molecule has 6 nitrogen and oxygen atoms in total. The zero-order valence-corrected chi connectivity index (χ0v) is 14.2. The van der Waals surface area contributed by atoms with Gasteiger partial charge in [0.05, 0.1) is 5.69 Å². The average molecular weight is 325 g/mol. The van der Waals surface area contributed by atoms with Crippen molar-refractivity contribution in [1.29, 1.82) is 5.26 Å². The molecule has 1 N–H and O–H groups in total. The molecule has 1 atom stereocenters. The molecule has 2 heterocycles. The Kier molecular flexibility index (Phi) is 4.81. The smallest absolute Gasteiger partial charge is 0.207 e. The van der Waals surface area contributed by atoms with Crippen LogP contribution in [0.25, 0.3) is 5.69 Å². The fourth-order valence-corrected chi connectivity index (χ4v) is 3.26. The van der Waals surface area contributed by atoms with Gasteiger partial charge in [-0.1, -0.05) is 6.07 Å².